The summed E-state index contributed by atoms with van der Waals surface area (Å²) in [5.41, 5.74) is 5.40. The molecule has 5 nitrogen and oxygen atoms in total. The monoisotopic (exact) mass is 235 g/mol. The quantitative estimate of drug-likeness (QED) is 0.734. The van der Waals surface area contributed by atoms with Crippen LogP contribution in [0.1, 0.15) is 0 Å². The van der Waals surface area contributed by atoms with E-state index in [1.807, 2.05) is 23.6 Å². The van der Waals surface area contributed by atoms with Gasteiger partial charge in [-0.15, -0.1) is 11.3 Å². The Kier molecular flexibility index (Phi) is 3.68. The minimum absolute atomic E-state index is 0.581. The Labute approximate surface area is 97.7 Å². The molecule has 0 spiro atoms. The summed E-state index contributed by atoms with van der Waals surface area (Å²) in [4.78, 5) is 8.23. The fourth-order valence-electron chi connectivity index (χ4n) is 1.20. The molecule has 6 heteroatoms. The second-order valence-electron chi connectivity index (χ2n) is 3.11. The van der Waals surface area contributed by atoms with Crippen molar-refractivity contribution in [1.82, 2.24) is 9.97 Å². The predicted molar refractivity (Wildman–Crippen MR) is 67.2 cm³/mol. The first-order valence-corrected chi connectivity index (χ1v) is 5.83. The average Bonchev–Trinajstić information content (AvgIpc) is 2.80. The van der Waals surface area contributed by atoms with Crippen LogP contribution in [0.3, 0.4) is 0 Å². The molecule has 4 N–H and O–H groups in total. The second-order valence-corrected chi connectivity index (χ2v) is 4.05. The van der Waals surface area contributed by atoms with Crippen LogP contribution in [0.4, 0.5) is 16.6 Å². The second kappa shape index (κ2) is 5.43. The Balaban J connectivity index is 2.04. The highest BCUT2D eigenvalue weighted by Gasteiger charge is 1.99. The van der Waals surface area contributed by atoms with Crippen LogP contribution in [0.15, 0.2) is 29.9 Å². The van der Waals surface area contributed by atoms with E-state index in [4.69, 9.17) is 5.73 Å². The lowest BCUT2D eigenvalue weighted by Gasteiger charge is -2.06. The molecule has 0 saturated carbocycles. The van der Waals surface area contributed by atoms with Gasteiger partial charge in [0.25, 0.3) is 0 Å². The molecule has 0 radical (unpaired) electrons. The van der Waals surface area contributed by atoms with E-state index in [0.29, 0.717) is 13.1 Å². The SMILES string of the molecule is NCCNc1cc(Nc2cccs2)ncn1. The van der Waals surface area contributed by atoms with Crippen molar-refractivity contribution in [1.29, 1.82) is 0 Å². The van der Waals surface area contributed by atoms with Gasteiger partial charge in [0.15, 0.2) is 0 Å². The minimum atomic E-state index is 0.581. The third kappa shape index (κ3) is 2.91. The minimum Gasteiger partial charge on any atom is -0.369 e. The summed E-state index contributed by atoms with van der Waals surface area (Å²) in [6, 6.07) is 5.84. The maximum atomic E-state index is 5.40. The molecule has 2 rings (SSSR count). The molecule has 0 atom stereocenters. The van der Waals surface area contributed by atoms with Gasteiger partial charge in [0.1, 0.15) is 18.0 Å². The lowest BCUT2D eigenvalue weighted by atomic mass is 10.5. The van der Waals surface area contributed by atoms with E-state index in [9.17, 15) is 0 Å². The van der Waals surface area contributed by atoms with Gasteiger partial charge < -0.3 is 16.4 Å². The van der Waals surface area contributed by atoms with Crippen molar-refractivity contribution in [3.63, 3.8) is 0 Å². The van der Waals surface area contributed by atoms with Gasteiger partial charge in [-0.3, -0.25) is 0 Å². The highest BCUT2D eigenvalue weighted by molar-refractivity contribution is 7.14. The fourth-order valence-corrected chi connectivity index (χ4v) is 1.82. The summed E-state index contributed by atoms with van der Waals surface area (Å²) < 4.78 is 0. The Bertz CT molecular complexity index is 429. The number of nitrogens with two attached hydrogens (primary N) is 1. The van der Waals surface area contributed by atoms with E-state index in [2.05, 4.69) is 20.6 Å². The van der Waals surface area contributed by atoms with E-state index in [1.54, 1.807) is 11.3 Å². The number of thiophene rings is 1. The standard InChI is InChI=1S/C10H13N5S/c11-3-4-12-8-6-9(14-7-13-8)15-10-2-1-5-16-10/h1-2,5-7H,3-4,11H2,(H2,12,13,14,15). The highest BCUT2D eigenvalue weighted by atomic mass is 32.1. The molecule has 0 fully saturated rings. The number of rotatable bonds is 5. The first kappa shape index (κ1) is 10.8. The highest BCUT2D eigenvalue weighted by Crippen LogP contribution is 2.20. The topological polar surface area (TPSA) is 75.9 Å². The molecule has 0 unspecified atom stereocenters. The molecule has 2 aromatic heterocycles. The zero-order valence-corrected chi connectivity index (χ0v) is 9.50. The summed E-state index contributed by atoms with van der Waals surface area (Å²) in [6.07, 6.45) is 1.52. The van der Waals surface area contributed by atoms with Crippen LogP contribution in [-0.2, 0) is 0 Å². The molecule has 16 heavy (non-hydrogen) atoms. The van der Waals surface area contributed by atoms with Gasteiger partial charge in [0.2, 0.25) is 0 Å². The van der Waals surface area contributed by atoms with Crippen LogP contribution in [-0.4, -0.2) is 23.1 Å². The molecule has 0 saturated heterocycles. The van der Waals surface area contributed by atoms with Gasteiger partial charge in [-0.1, -0.05) is 0 Å². The van der Waals surface area contributed by atoms with E-state index in [0.717, 1.165) is 16.6 Å². The zero-order valence-electron chi connectivity index (χ0n) is 8.68. The number of hydrogen-bond donors (Lipinski definition) is 3. The van der Waals surface area contributed by atoms with Crippen LogP contribution < -0.4 is 16.4 Å². The van der Waals surface area contributed by atoms with Crippen molar-refractivity contribution in [2.75, 3.05) is 23.7 Å². The Morgan fingerprint density at radius 1 is 1.31 bits per heavy atom. The number of hydrogen-bond acceptors (Lipinski definition) is 6. The summed E-state index contributed by atoms with van der Waals surface area (Å²) in [7, 11) is 0. The normalized spacial score (nSPS) is 10.1. The van der Waals surface area contributed by atoms with Gasteiger partial charge in [0.05, 0.1) is 5.00 Å². The average molecular weight is 235 g/mol. The first-order chi connectivity index (χ1) is 7.88. The van der Waals surface area contributed by atoms with Crippen LogP contribution in [0.5, 0.6) is 0 Å². The number of nitrogens with one attached hydrogen (secondary N) is 2. The fraction of sp³-hybridized carbons (Fsp3) is 0.200. The van der Waals surface area contributed by atoms with Crippen molar-refractivity contribution < 1.29 is 0 Å². The molecule has 84 valence electrons. The van der Waals surface area contributed by atoms with Crippen LogP contribution in [0, 0.1) is 0 Å². The van der Waals surface area contributed by atoms with E-state index >= 15 is 0 Å². The van der Waals surface area contributed by atoms with Crippen molar-refractivity contribution in [2.24, 2.45) is 5.73 Å². The van der Waals surface area contributed by atoms with Gasteiger partial charge in [-0.05, 0) is 17.5 Å². The van der Waals surface area contributed by atoms with Crippen molar-refractivity contribution >= 4 is 28.0 Å². The largest absolute Gasteiger partial charge is 0.369 e. The van der Waals surface area contributed by atoms with Gasteiger partial charge in [-0.25, -0.2) is 9.97 Å². The third-order valence-corrected chi connectivity index (χ3v) is 2.68. The summed E-state index contributed by atoms with van der Waals surface area (Å²) in [5.74, 6) is 1.55. The summed E-state index contributed by atoms with van der Waals surface area (Å²) in [5, 5.41) is 9.37. The van der Waals surface area contributed by atoms with Crippen molar-refractivity contribution in [3.8, 4) is 0 Å². The number of anilines is 3. The first-order valence-electron chi connectivity index (χ1n) is 4.95. The Morgan fingerprint density at radius 2 is 2.19 bits per heavy atom. The molecule has 0 aromatic carbocycles. The summed E-state index contributed by atoms with van der Waals surface area (Å²) >= 11 is 1.63. The molecular weight excluding hydrogens is 222 g/mol. The zero-order chi connectivity index (χ0) is 11.2. The van der Waals surface area contributed by atoms with E-state index < -0.39 is 0 Å². The van der Waals surface area contributed by atoms with Crippen LogP contribution in [0.2, 0.25) is 0 Å². The van der Waals surface area contributed by atoms with Gasteiger partial charge in [0, 0.05) is 19.2 Å². The molecule has 0 amide bonds. The molecule has 2 heterocycles. The maximum absolute atomic E-state index is 5.40. The van der Waals surface area contributed by atoms with Gasteiger partial charge >= 0.3 is 0 Å². The lowest BCUT2D eigenvalue weighted by Crippen LogP contribution is -2.14. The van der Waals surface area contributed by atoms with E-state index in [1.165, 1.54) is 6.33 Å². The molecule has 0 aliphatic heterocycles. The summed E-state index contributed by atoms with van der Waals surface area (Å²) in [6.45, 7) is 1.28. The van der Waals surface area contributed by atoms with Crippen LogP contribution in [0.25, 0.3) is 0 Å². The Hall–Kier alpha value is -1.66. The van der Waals surface area contributed by atoms with Crippen molar-refractivity contribution in [3.05, 3.63) is 29.9 Å². The van der Waals surface area contributed by atoms with Crippen LogP contribution >= 0.6 is 11.3 Å². The Morgan fingerprint density at radius 3 is 2.94 bits per heavy atom. The molecule has 0 bridgehead atoms. The molecule has 2 aromatic rings. The number of aromatic nitrogens is 2. The smallest absolute Gasteiger partial charge is 0.136 e. The predicted octanol–water partition coefficient (Wildman–Crippen LogP) is 1.65. The number of nitrogens with zero attached hydrogens (tertiary/aromatic N) is 2. The lowest BCUT2D eigenvalue weighted by molar-refractivity contribution is 1.00. The van der Waals surface area contributed by atoms with Gasteiger partial charge in [-0.2, -0.15) is 0 Å². The van der Waals surface area contributed by atoms with Crippen molar-refractivity contribution in [2.45, 2.75) is 0 Å². The van der Waals surface area contributed by atoms with E-state index in [-0.39, 0.29) is 0 Å². The third-order valence-electron chi connectivity index (χ3n) is 1.89. The molecule has 0 aliphatic rings. The molecular formula is C10H13N5S. The maximum Gasteiger partial charge on any atom is 0.136 e. The molecule has 0 aliphatic carbocycles.